The van der Waals surface area contributed by atoms with Crippen molar-refractivity contribution in [2.75, 3.05) is 20.2 Å². The van der Waals surface area contributed by atoms with Crippen LogP contribution in [0.3, 0.4) is 0 Å². The van der Waals surface area contributed by atoms with Crippen molar-refractivity contribution in [3.8, 4) is 5.75 Å². The molecule has 0 radical (unpaired) electrons. The molecule has 1 atom stereocenters. The maximum Gasteiger partial charge on any atom is 0.339 e. The highest BCUT2D eigenvalue weighted by molar-refractivity contribution is 7.89. The van der Waals surface area contributed by atoms with Gasteiger partial charge in [-0.3, -0.25) is 0 Å². The predicted octanol–water partition coefficient (Wildman–Crippen LogP) is 0.890. The van der Waals surface area contributed by atoms with Crippen molar-refractivity contribution in [3.05, 3.63) is 23.8 Å². The lowest BCUT2D eigenvalue weighted by Gasteiger charge is -2.31. The number of piperidine rings is 1. The quantitative estimate of drug-likeness (QED) is 0.855. The van der Waals surface area contributed by atoms with Gasteiger partial charge in [0.05, 0.1) is 11.0 Å². The Bertz CT molecular complexity index is 642. The van der Waals surface area contributed by atoms with Gasteiger partial charge in [-0.05, 0) is 31.0 Å². The summed E-state index contributed by atoms with van der Waals surface area (Å²) < 4.78 is 31.5. The summed E-state index contributed by atoms with van der Waals surface area (Å²) in [7, 11) is -2.27. The van der Waals surface area contributed by atoms with Gasteiger partial charge in [0.15, 0.2) is 0 Å². The molecule has 2 rings (SSSR count). The lowest BCUT2D eigenvalue weighted by atomic mass is 10.1. The zero-order valence-electron chi connectivity index (χ0n) is 11.5. The average Bonchev–Trinajstić information content (AvgIpc) is 2.47. The molecule has 0 aromatic heterocycles. The molecular formula is C13H17NO6S. The van der Waals surface area contributed by atoms with Crippen LogP contribution >= 0.6 is 0 Å². The SMILES string of the molecule is COC1CCCN(S(=O)(=O)c2ccc(O)c(C(=O)O)c2)C1. The van der Waals surface area contributed by atoms with Crippen LogP contribution in [-0.2, 0) is 14.8 Å². The summed E-state index contributed by atoms with van der Waals surface area (Å²) in [5, 5.41) is 18.4. The first-order valence-electron chi connectivity index (χ1n) is 6.45. The minimum atomic E-state index is -3.80. The third-order valence-corrected chi connectivity index (χ3v) is 5.37. The highest BCUT2D eigenvalue weighted by Gasteiger charge is 2.31. The number of aromatic hydroxyl groups is 1. The molecule has 21 heavy (non-hydrogen) atoms. The van der Waals surface area contributed by atoms with Gasteiger partial charge in [0.2, 0.25) is 10.0 Å². The van der Waals surface area contributed by atoms with Crippen LogP contribution in [0.2, 0.25) is 0 Å². The molecule has 1 aliphatic heterocycles. The number of sulfonamides is 1. The number of carboxylic acid groups (broad SMARTS) is 1. The molecule has 0 bridgehead atoms. The smallest absolute Gasteiger partial charge is 0.339 e. The second-order valence-electron chi connectivity index (χ2n) is 4.85. The molecule has 2 N–H and O–H groups in total. The molecule has 1 heterocycles. The molecule has 8 heteroatoms. The van der Waals surface area contributed by atoms with Gasteiger partial charge in [0, 0.05) is 20.2 Å². The molecule has 7 nitrogen and oxygen atoms in total. The largest absolute Gasteiger partial charge is 0.507 e. The Morgan fingerprint density at radius 2 is 2.14 bits per heavy atom. The van der Waals surface area contributed by atoms with Crippen molar-refractivity contribution in [2.45, 2.75) is 23.8 Å². The monoisotopic (exact) mass is 315 g/mol. The molecule has 0 spiro atoms. The number of phenols is 1. The molecule has 116 valence electrons. The first-order chi connectivity index (χ1) is 9.86. The highest BCUT2D eigenvalue weighted by Crippen LogP contribution is 2.26. The molecule has 1 saturated heterocycles. The van der Waals surface area contributed by atoms with Gasteiger partial charge < -0.3 is 14.9 Å². The van der Waals surface area contributed by atoms with E-state index in [-0.39, 0.29) is 17.5 Å². The molecule has 1 aromatic carbocycles. The van der Waals surface area contributed by atoms with Crippen LogP contribution in [0.1, 0.15) is 23.2 Å². The first kappa shape index (κ1) is 15.7. The standard InChI is InChI=1S/C13H17NO6S/c1-20-9-3-2-6-14(8-9)21(18,19)10-4-5-12(15)11(7-10)13(16)17/h4-5,7,9,15H,2-3,6,8H2,1H3,(H,16,17). The van der Waals surface area contributed by atoms with Gasteiger partial charge in [-0.1, -0.05) is 0 Å². The first-order valence-corrected chi connectivity index (χ1v) is 7.89. The van der Waals surface area contributed by atoms with Gasteiger partial charge in [-0.2, -0.15) is 4.31 Å². The average molecular weight is 315 g/mol. The zero-order valence-corrected chi connectivity index (χ0v) is 12.3. The maximum absolute atomic E-state index is 12.5. The molecule has 1 unspecified atom stereocenters. The second kappa shape index (κ2) is 6.00. The summed E-state index contributed by atoms with van der Waals surface area (Å²) in [6.07, 6.45) is 1.31. The summed E-state index contributed by atoms with van der Waals surface area (Å²) in [5.74, 6) is -1.84. The fourth-order valence-electron chi connectivity index (χ4n) is 2.31. The lowest BCUT2D eigenvalue weighted by Crippen LogP contribution is -2.42. The Labute approximate surface area is 122 Å². The Morgan fingerprint density at radius 1 is 1.43 bits per heavy atom. The van der Waals surface area contributed by atoms with Gasteiger partial charge in [-0.25, -0.2) is 13.2 Å². The van der Waals surface area contributed by atoms with E-state index in [2.05, 4.69) is 0 Å². The Morgan fingerprint density at radius 3 is 2.76 bits per heavy atom. The van der Waals surface area contributed by atoms with E-state index < -0.39 is 27.3 Å². The third-order valence-electron chi connectivity index (χ3n) is 3.51. The van der Waals surface area contributed by atoms with Gasteiger partial charge >= 0.3 is 5.97 Å². The molecule has 0 saturated carbocycles. The topological polar surface area (TPSA) is 104 Å². The number of carbonyl (C=O) groups is 1. The van der Waals surface area contributed by atoms with E-state index >= 15 is 0 Å². The molecular weight excluding hydrogens is 298 g/mol. The van der Waals surface area contributed by atoms with Crippen LogP contribution in [0.5, 0.6) is 5.75 Å². The van der Waals surface area contributed by atoms with E-state index in [1.165, 1.54) is 17.5 Å². The molecule has 0 aliphatic carbocycles. The number of aromatic carboxylic acids is 1. The van der Waals surface area contributed by atoms with E-state index in [1.54, 1.807) is 0 Å². The van der Waals surface area contributed by atoms with E-state index in [4.69, 9.17) is 9.84 Å². The minimum absolute atomic E-state index is 0.144. The van der Waals surface area contributed by atoms with Crippen LogP contribution in [0.15, 0.2) is 23.1 Å². The third kappa shape index (κ3) is 3.17. The summed E-state index contributed by atoms with van der Waals surface area (Å²) in [4.78, 5) is 10.8. The Hall–Kier alpha value is -1.64. The molecule has 0 amide bonds. The van der Waals surface area contributed by atoms with Crippen molar-refractivity contribution < 1.29 is 28.2 Å². The second-order valence-corrected chi connectivity index (χ2v) is 6.79. The van der Waals surface area contributed by atoms with E-state index in [9.17, 15) is 18.3 Å². The summed E-state index contributed by atoms with van der Waals surface area (Å²) in [5.41, 5.74) is -0.434. The van der Waals surface area contributed by atoms with Crippen LogP contribution in [-0.4, -0.2) is 55.2 Å². The van der Waals surface area contributed by atoms with Crippen LogP contribution < -0.4 is 0 Å². The number of carboxylic acids is 1. The van der Waals surface area contributed by atoms with Crippen LogP contribution in [0, 0.1) is 0 Å². The molecule has 1 aromatic rings. The number of nitrogens with zero attached hydrogens (tertiary/aromatic N) is 1. The van der Waals surface area contributed by atoms with Crippen LogP contribution in [0.25, 0.3) is 0 Å². The van der Waals surface area contributed by atoms with Crippen molar-refractivity contribution >= 4 is 16.0 Å². The number of benzene rings is 1. The number of rotatable bonds is 4. The number of hydrogen-bond donors (Lipinski definition) is 2. The van der Waals surface area contributed by atoms with Gasteiger partial charge in [0.25, 0.3) is 0 Å². The van der Waals surface area contributed by atoms with E-state index in [0.717, 1.165) is 18.6 Å². The number of ether oxygens (including phenoxy) is 1. The van der Waals surface area contributed by atoms with Crippen molar-refractivity contribution in [1.29, 1.82) is 0 Å². The van der Waals surface area contributed by atoms with Crippen LogP contribution in [0.4, 0.5) is 0 Å². The van der Waals surface area contributed by atoms with E-state index in [0.29, 0.717) is 13.0 Å². The fraction of sp³-hybridized carbons (Fsp3) is 0.462. The minimum Gasteiger partial charge on any atom is -0.507 e. The summed E-state index contributed by atoms with van der Waals surface area (Å²) >= 11 is 0. The molecule has 1 fully saturated rings. The normalized spacial score (nSPS) is 20.3. The highest BCUT2D eigenvalue weighted by atomic mass is 32.2. The van der Waals surface area contributed by atoms with Crippen molar-refractivity contribution in [3.63, 3.8) is 0 Å². The van der Waals surface area contributed by atoms with Crippen molar-refractivity contribution in [1.82, 2.24) is 4.31 Å². The zero-order chi connectivity index (χ0) is 15.6. The predicted molar refractivity (Wildman–Crippen MR) is 73.9 cm³/mol. The maximum atomic E-state index is 12.5. The lowest BCUT2D eigenvalue weighted by molar-refractivity contribution is 0.0571. The number of methoxy groups -OCH3 is 1. The van der Waals surface area contributed by atoms with Crippen molar-refractivity contribution in [2.24, 2.45) is 0 Å². The summed E-state index contributed by atoms with van der Waals surface area (Å²) in [6, 6.07) is 3.25. The Balaban J connectivity index is 2.35. The van der Waals surface area contributed by atoms with Gasteiger partial charge in [0.1, 0.15) is 11.3 Å². The molecule has 1 aliphatic rings. The van der Waals surface area contributed by atoms with Gasteiger partial charge in [-0.15, -0.1) is 0 Å². The Kier molecular flexibility index (Phi) is 4.50. The summed E-state index contributed by atoms with van der Waals surface area (Å²) in [6.45, 7) is 0.605. The van der Waals surface area contributed by atoms with E-state index in [1.807, 2.05) is 0 Å². The number of hydrogen-bond acceptors (Lipinski definition) is 5. The fourth-order valence-corrected chi connectivity index (χ4v) is 3.85.